The van der Waals surface area contributed by atoms with Crippen molar-refractivity contribution in [1.82, 2.24) is 0 Å². The lowest BCUT2D eigenvalue weighted by molar-refractivity contribution is 0.246. The van der Waals surface area contributed by atoms with Crippen molar-refractivity contribution < 1.29 is 5.11 Å². The van der Waals surface area contributed by atoms with Crippen LogP contribution in [0.25, 0.3) is 0 Å². The summed E-state index contributed by atoms with van der Waals surface area (Å²) in [6, 6.07) is 13.6. The van der Waals surface area contributed by atoms with Gasteiger partial charge in [0.2, 0.25) is 0 Å². The molecule has 1 nitrogen and oxygen atoms in total. The molecule has 0 aliphatic carbocycles. The summed E-state index contributed by atoms with van der Waals surface area (Å²) in [7, 11) is -1.51. The highest BCUT2D eigenvalue weighted by Crippen LogP contribution is 2.33. The van der Waals surface area contributed by atoms with Gasteiger partial charge in [0.05, 0.1) is 13.8 Å². The minimum atomic E-state index is -1.51. The SMILES string of the molecule is CC[Si](CC)(CC)C(O)c1ccccc1. The third-order valence-electron chi connectivity index (χ3n) is 3.81. The van der Waals surface area contributed by atoms with E-state index in [2.05, 4.69) is 20.8 Å². The molecule has 1 aromatic carbocycles. The third kappa shape index (κ3) is 2.50. The topological polar surface area (TPSA) is 20.2 Å². The Balaban J connectivity index is 2.95. The van der Waals surface area contributed by atoms with Crippen LogP contribution < -0.4 is 0 Å². The molecule has 0 spiro atoms. The quantitative estimate of drug-likeness (QED) is 0.752. The predicted molar refractivity (Wildman–Crippen MR) is 68.6 cm³/mol. The lowest BCUT2D eigenvalue weighted by Crippen LogP contribution is -2.39. The number of hydrogen-bond acceptors (Lipinski definition) is 1. The molecule has 15 heavy (non-hydrogen) atoms. The van der Waals surface area contributed by atoms with Gasteiger partial charge in [0.1, 0.15) is 0 Å². The standard InChI is InChI=1S/C13H22OSi/c1-4-15(5-2,6-3)13(14)12-10-8-7-9-11-12/h7-11,13-14H,4-6H2,1-3H3. The van der Waals surface area contributed by atoms with Crippen LogP contribution in [0, 0.1) is 0 Å². The zero-order chi connectivity index (χ0) is 11.3. The van der Waals surface area contributed by atoms with Crippen LogP contribution in [0.15, 0.2) is 30.3 Å². The van der Waals surface area contributed by atoms with Gasteiger partial charge in [-0.3, -0.25) is 0 Å². The van der Waals surface area contributed by atoms with Crippen molar-refractivity contribution in [2.24, 2.45) is 0 Å². The molecule has 0 saturated carbocycles. The molecule has 1 N–H and O–H groups in total. The number of rotatable bonds is 5. The maximum absolute atomic E-state index is 10.5. The molecular formula is C13H22OSi. The Morgan fingerprint density at radius 1 is 1.00 bits per heavy atom. The summed E-state index contributed by atoms with van der Waals surface area (Å²) in [5, 5.41) is 10.5. The summed E-state index contributed by atoms with van der Waals surface area (Å²) in [6.45, 7) is 6.68. The molecule has 1 aromatic rings. The van der Waals surface area contributed by atoms with Crippen LogP contribution in [0.2, 0.25) is 18.1 Å². The largest absolute Gasteiger partial charge is 0.392 e. The fraction of sp³-hybridized carbons (Fsp3) is 0.538. The summed E-state index contributed by atoms with van der Waals surface area (Å²) >= 11 is 0. The van der Waals surface area contributed by atoms with E-state index in [0.717, 1.165) is 23.7 Å². The second-order valence-electron chi connectivity index (χ2n) is 4.24. The van der Waals surface area contributed by atoms with Gasteiger partial charge in [0, 0.05) is 0 Å². The van der Waals surface area contributed by atoms with Crippen molar-refractivity contribution in [2.75, 3.05) is 0 Å². The second kappa shape index (κ2) is 5.47. The fourth-order valence-electron chi connectivity index (χ4n) is 2.32. The summed E-state index contributed by atoms with van der Waals surface area (Å²) in [5.41, 5.74) is 0.911. The molecule has 1 unspecified atom stereocenters. The Kier molecular flexibility index (Phi) is 4.55. The van der Waals surface area contributed by atoms with E-state index in [1.165, 1.54) is 0 Å². The minimum Gasteiger partial charge on any atom is -0.392 e. The molecule has 0 aliphatic heterocycles. The van der Waals surface area contributed by atoms with Crippen LogP contribution in [0.1, 0.15) is 32.1 Å². The van der Waals surface area contributed by atoms with Gasteiger partial charge in [-0.2, -0.15) is 0 Å². The zero-order valence-electron chi connectivity index (χ0n) is 10.0. The van der Waals surface area contributed by atoms with Gasteiger partial charge >= 0.3 is 0 Å². The Hall–Kier alpha value is -0.603. The van der Waals surface area contributed by atoms with E-state index in [1.807, 2.05) is 30.3 Å². The molecule has 1 atom stereocenters. The number of benzene rings is 1. The summed E-state index contributed by atoms with van der Waals surface area (Å²) in [6.07, 6.45) is 0. The van der Waals surface area contributed by atoms with Crippen molar-refractivity contribution in [3.05, 3.63) is 35.9 Å². The zero-order valence-corrected chi connectivity index (χ0v) is 11.0. The average molecular weight is 222 g/mol. The van der Waals surface area contributed by atoms with Crippen molar-refractivity contribution in [3.8, 4) is 0 Å². The van der Waals surface area contributed by atoms with E-state index < -0.39 is 8.07 Å². The molecule has 2 heteroatoms. The molecule has 0 fully saturated rings. The van der Waals surface area contributed by atoms with Crippen LogP contribution >= 0.6 is 0 Å². The van der Waals surface area contributed by atoms with E-state index in [0.29, 0.717) is 0 Å². The molecule has 1 rings (SSSR count). The van der Waals surface area contributed by atoms with Crippen LogP contribution in [0.3, 0.4) is 0 Å². The van der Waals surface area contributed by atoms with Gasteiger partial charge in [-0.05, 0) is 5.56 Å². The number of aliphatic hydroxyl groups is 1. The minimum absolute atomic E-state index is 0.196. The lowest BCUT2D eigenvalue weighted by atomic mass is 10.2. The van der Waals surface area contributed by atoms with E-state index in [9.17, 15) is 5.11 Å². The summed E-state index contributed by atoms with van der Waals surface area (Å²) in [4.78, 5) is 0. The number of hydrogen-bond donors (Lipinski definition) is 1. The highest BCUT2D eigenvalue weighted by molar-refractivity contribution is 6.80. The van der Waals surface area contributed by atoms with E-state index in [1.54, 1.807) is 0 Å². The van der Waals surface area contributed by atoms with Gasteiger partial charge in [-0.1, -0.05) is 69.2 Å². The third-order valence-corrected chi connectivity index (χ3v) is 9.53. The maximum atomic E-state index is 10.5. The van der Waals surface area contributed by atoms with Crippen molar-refractivity contribution in [1.29, 1.82) is 0 Å². The molecule has 84 valence electrons. The molecule has 0 saturated heterocycles. The molecule has 0 radical (unpaired) electrons. The van der Waals surface area contributed by atoms with Gasteiger partial charge in [-0.25, -0.2) is 0 Å². The Bertz CT molecular complexity index is 272. The van der Waals surface area contributed by atoms with E-state index in [-0.39, 0.29) is 5.73 Å². The molecule has 0 aliphatic rings. The monoisotopic (exact) mass is 222 g/mol. The highest BCUT2D eigenvalue weighted by Gasteiger charge is 2.35. The smallest absolute Gasteiger partial charge is 0.0922 e. The van der Waals surface area contributed by atoms with Crippen LogP contribution in [-0.2, 0) is 0 Å². The summed E-state index contributed by atoms with van der Waals surface area (Å²) < 4.78 is 0. The van der Waals surface area contributed by atoms with Crippen LogP contribution in [-0.4, -0.2) is 13.2 Å². The lowest BCUT2D eigenvalue weighted by Gasteiger charge is -2.33. The van der Waals surface area contributed by atoms with E-state index in [4.69, 9.17) is 0 Å². The van der Waals surface area contributed by atoms with Gasteiger partial charge < -0.3 is 5.11 Å². The van der Waals surface area contributed by atoms with E-state index >= 15 is 0 Å². The summed E-state index contributed by atoms with van der Waals surface area (Å²) in [5.74, 6) is 0. The first-order valence-electron chi connectivity index (χ1n) is 5.93. The average Bonchev–Trinajstić information content (AvgIpc) is 2.33. The first kappa shape index (κ1) is 12.5. The Labute approximate surface area is 94.2 Å². The maximum Gasteiger partial charge on any atom is 0.0922 e. The fourth-order valence-corrected chi connectivity index (χ4v) is 5.88. The molecule has 0 heterocycles. The van der Waals surface area contributed by atoms with Crippen molar-refractivity contribution in [3.63, 3.8) is 0 Å². The number of aliphatic hydroxyl groups excluding tert-OH is 1. The first-order chi connectivity index (χ1) is 7.20. The van der Waals surface area contributed by atoms with Crippen LogP contribution in [0.5, 0.6) is 0 Å². The molecule has 0 amide bonds. The predicted octanol–water partition coefficient (Wildman–Crippen LogP) is 3.77. The Morgan fingerprint density at radius 3 is 1.87 bits per heavy atom. The highest BCUT2D eigenvalue weighted by atomic mass is 28.3. The second-order valence-corrected chi connectivity index (χ2v) is 9.63. The van der Waals surface area contributed by atoms with Crippen LogP contribution in [0.4, 0.5) is 0 Å². The van der Waals surface area contributed by atoms with Crippen molar-refractivity contribution >= 4 is 8.07 Å². The van der Waals surface area contributed by atoms with Gasteiger partial charge in [0.25, 0.3) is 0 Å². The van der Waals surface area contributed by atoms with Gasteiger partial charge in [-0.15, -0.1) is 0 Å². The Morgan fingerprint density at radius 2 is 1.47 bits per heavy atom. The normalized spacial score (nSPS) is 13.9. The van der Waals surface area contributed by atoms with Gasteiger partial charge in [0.15, 0.2) is 0 Å². The first-order valence-corrected chi connectivity index (χ1v) is 8.63. The molecule has 0 aromatic heterocycles. The molecule has 0 bridgehead atoms. The van der Waals surface area contributed by atoms with Crippen molar-refractivity contribution in [2.45, 2.75) is 44.6 Å². The molecular weight excluding hydrogens is 200 g/mol.